The monoisotopic (exact) mass is 413 g/mol. The number of carbonyl (C=O) groups is 2. The Balaban J connectivity index is 1.34. The summed E-state index contributed by atoms with van der Waals surface area (Å²) >= 11 is 5.96. The topological polar surface area (TPSA) is 61.4 Å². The number of carbonyl (C=O) groups excluding carboxylic acids is 2. The van der Waals surface area contributed by atoms with Crippen molar-refractivity contribution in [2.24, 2.45) is 0 Å². The molecule has 0 atom stereocenters. The van der Waals surface area contributed by atoms with Gasteiger partial charge >= 0.3 is 0 Å². The largest absolute Gasteiger partial charge is 0.354 e. The van der Waals surface area contributed by atoms with Crippen molar-refractivity contribution < 1.29 is 9.59 Å². The van der Waals surface area contributed by atoms with Crippen molar-refractivity contribution in [1.82, 2.24) is 10.2 Å². The third-order valence-corrected chi connectivity index (χ3v) is 5.64. The first-order valence-electron chi connectivity index (χ1n) is 10.1. The van der Waals surface area contributed by atoms with E-state index in [2.05, 4.69) is 45.9 Å². The lowest BCUT2D eigenvalue weighted by Crippen LogP contribution is -2.39. The van der Waals surface area contributed by atoms with Crippen LogP contribution in [-0.4, -0.2) is 42.9 Å². The number of halogens is 1. The maximum Gasteiger partial charge on any atom is 0.233 e. The highest BCUT2D eigenvalue weighted by Gasteiger charge is 2.20. The Hall–Kier alpha value is -2.37. The van der Waals surface area contributed by atoms with Gasteiger partial charge in [-0.05, 0) is 62.0 Å². The molecule has 29 heavy (non-hydrogen) atoms. The number of nitrogens with one attached hydrogen (secondary N) is 2. The average Bonchev–Trinajstić information content (AvgIpc) is 2.72. The van der Waals surface area contributed by atoms with Gasteiger partial charge in [-0.3, -0.25) is 9.59 Å². The number of hydrogen-bond acceptors (Lipinski definition) is 3. The lowest BCUT2D eigenvalue weighted by atomic mass is 9.89. The number of piperidine rings is 1. The van der Waals surface area contributed by atoms with Crippen molar-refractivity contribution in [2.45, 2.75) is 32.1 Å². The van der Waals surface area contributed by atoms with Crippen molar-refractivity contribution in [3.63, 3.8) is 0 Å². The van der Waals surface area contributed by atoms with Gasteiger partial charge in [-0.15, -0.1) is 0 Å². The standard InChI is InChI=1S/C23H28ClN3O2/c1-17-7-8-20(24)15-21(17)26-23(29)16-22(28)25-11-14-27-12-9-19(10-13-27)18-5-3-2-4-6-18/h2-8,15,19H,9-14,16H2,1H3,(H,25,28)(H,26,29). The van der Waals surface area contributed by atoms with Gasteiger partial charge in [0.2, 0.25) is 11.8 Å². The Labute approximate surface area is 177 Å². The highest BCUT2D eigenvalue weighted by atomic mass is 35.5. The van der Waals surface area contributed by atoms with Crippen LogP contribution in [0.25, 0.3) is 0 Å². The molecule has 154 valence electrons. The predicted molar refractivity (Wildman–Crippen MR) is 117 cm³/mol. The summed E-state index contributed by atoms with van der Waals surface area (Å²) in [4.78, 5) is 26.5. The van der Waals surface area contributed by atoms with Crippen molar-refractivity contribution >= 4 is 29.1 Å². The maximum atomic E-state index is 12.1. The molecule has 2 amide bonds. The van der Waals surface area contributed by atoms with Gasteiger partial charge in [-0.25, -0.2) is 0 Å². The van der Waals surface area contributed by atoms with Gasteiger partial charge in [0.05, 0.1) is 0 Å². The number of rotatable bonds is 7. The van der Waals surface area contributed by atoms with E-state index in [-0.39, 0.29) is 18.2 Å². The average molecular weight is 414 g/mol. The first-order valence-corrected chi connectivity index (χ1v) is 10.5. The molecule has 6 heteroatoms. The minimum absolute atomic E-state index is 0.192. The zero-order valence-electron chi connectivity index (χ0n) is 16.8. The molecule has 2 aromatic carbocycles. The van der Waals surface area contributed by atoms with Gasteiger partial charge < -0.3 is 15.5 Å². The van der Waals surface area contributed by atoms with Crippen LogP contribution in [0.15, 0.2) is 48.5 Å². The molecule has 0 bridgehead atoms. The molecule has 3 rings (SSSR count). The van der Waals surface area contributed by atoms with E-state index in [1.165, 1.54) is 5.56 Å². The minimum atomic E-state index is -0.337. The van der Waals surface area contributed by atoms with Gasteiger partial charge in [0.25, 0.3) is 0 Å². The van der Waals surface area contributed by atoms with Gasteiger partial charge in [-0.1, -0.05) is 48.0 Å². The van der Waals surface area contributed by atoms with Crippen LogP contribution in [-0.2, 0) is 9.59 Å². The molecule has 0 unspecified atom stereocenters. The summed E-state index contributed by atoms with van der Waals surface area (Å²) < 4.78 is 0. The number of anilines is 1. The molecule has 1 aliphatic heterocycles. The highest BCUT2D eigenvalue weighted by Crippen LogP contribution is 2.27. The molecule has 2 N–H and O–H groups in total. The lowest BCUT2D eigenvalue weighted by Gasteiger charge is -2.32. The van der Waals surface area contributed by atoms with Crippen molar-refractivity contribution in [3.05, 3.63) is 64.7 Å². The van der Waals surface area contributed by atoms with Crippen LogP contribution in [0.5, 0.6) is 0 Å². The van der Waals surface area contributed by atoms with Crippen LogP contribution in [0.1, 0.15) is 36.3 Å². The minimum Gasteiger partial charge on any atom is -0.354 e. The van der Waals surface area contributed by atoms with Gasteiger partial charge in [0.15, 0.2) is 0 Å². The third kappa shape index (κ3) is 6.58. The molecule has 0 saturated carbocycles. The number of hydrogen-bond donors (Lipinski definition) is 2. The number of nitrogens with zero attached hydrogens (tertiary/aromatic N) is 1. The Kier molecular flexibility index (Phi) is 7.67. The molecule has 0 aromatic heterocycles. The van der Waals surface area contributed by atoms with Crippen molar-refractivity contribution in [1.29, 1.82) is 0 Å². The zero-order valence-corrected chi connectivity index (χ0v) is 17.5. The third-order valence-electron chi connectivity index (χ3n) is 5.40. The molecule has 1 fully saturated rings. The van der Waals surface area contributed by atoms with Crippen molar-refractivity contribution in [2.75, 3.05) is 31.5 Å². The fraction of sp³-hybridized carbons (Fsp3) is 0.391. The van der Waals surface area contributed by atoms with E-state index in [9.17, 15) is 9.59 Å². The first-order chi connectivity index (χ1) is 14.0. The van der Waals surface area contributed by atoms with E-state index in [0.717, 1.165) is 38.0 Å². The Morgan fingerprint density at radius 3 is 2.52 bits per heavy atom. The molecule has 1 saturated heterocycles. The second-order valence-corrected chi connectivity index (χ2v) is 8.00. The normalized spacial score (nSPS) is 15.1. The van der Waals surface area contributed by atoms with Crippen molar-refractivity contribution in [3.8, 4) is 0 Å². The highest BCUT2D eigenvalue weighted by molar-refractivity contribution is 6.31. The van der Waals surface area contributed by atoms with E-state index >= 15 is 0 Å². The lowest BCUT2D eigenvalue weighted by molar-refractivity contribution is -0.126. The molecule has 0 aliphatic carbocycles. The summed E-state index contributed by atoms with van der Waals surface area (Å²) in [7, 11) is 0. The Morgan fingerprint density at radius 2 is 1.79 bits per heavy atom. The van der Waals surface area contributed by atoms with Gasteiger partial charge in [-0.2, -0.15) is 0 Å². The molecule has 0 spiro atoms. The summed E-state index contributed by atoms with van der Waals surface area (Å²) in [5, 5.41) is 6.14. The Morgan fingerprint density at radius 1 is 1.07 bits per heavy atom. The molecular weight excluding hydrogens is 386 g/mol. The van der Waals surface area contributed by atoms with Crippen LogP contribution < -0.4 is 10.6 Å². The first kappa shape index (κ1) is 21.3. The SMILES string of the molecule is Cc1ccc(Cl)cc1NC(=O)CC(=O)NCCN1CCC(c2ccccc2)CC1. The van der Waals surface area contributed by atoms with E-state index in [0.29, 0.717) is 23.2 Å². The molecule has 1 aliphatic rings. The fourth-order valence-electron chi connectivity index (χ4n) is 3.70. The van der Waals surface area contributed by atoms with Crippen LogP contribution >= 0.6 is 11.6 Å². The quantitative estimate of drug-likeness (QED) is 0.675. The smallest absolute Gasteiger partial charge is 0.233 e. The Bertz CT molecular complexity index is 833. The summed E-state index contributed by atoms with van der Waals surface area (Å²) in [6.45, 7) is 5.31. The van der Waals surface area contributed by atoms with Crippen LogP contribution in [0, 0.1) is 6.92 Å². The second-order valence-electron chi connectivity index (χ2n) is 7.56. The molecule has 5 nitrogen and oxygen atoms in total. The number of likely N-dealkylation sites (tertiary alicyclic amines) is 1. The number of amides is 2. The fourth-order valence-corrected chi connectivity index (χ4v) is 3.87. The summed E-state index contributed by atoms with van der Waals surface area (Å²) in [6.07, 6.45) is 2.08. The van der Waals surface area contributed by atoms with E-state index in [1.807, 2.05) is 13.0 Å². The predicted octanol–water partition coefficient (Wildman–Crippen LogP) is 3.97. The van der Waals surface area contributed by atoms with Gasteiger partial charge in [0, 0.05) is 23.8 Å². The van der Waals surface area contributed by atoms with E-state index < -0.39 is 0 Å². The van der Waals surface area contributed by atoms with Crippen LogP contribution in [0.4, 0.5) is 5.69 Å². The number of aryl methyl sites for hydroxylation is 1. The van der Waals surface area contributed by atoms with Crippen LogP contribution in [0.2, 0.25) is 5.02 Å². The second kappa shape index (κ2) is 10.4. The zero-order chi connectivity index (χ0) is 20.6. The van der Waals surface area contributed by atoms with Gasteiger partial charge in [0.1, 0.15) is 6.42 Å². The van der Waals surface area contributed by atoms with Crippen LogP contribution in [0.3, 0.4) is 0 Å². The molecule has 0 radical (unpaired) electrons. The molecular formula is C23H28ClN3O2. The maximum absolute atomic E-state index is 12.1. The summed E-state index contributed by atoms with van der Waals surface area (Å²) in [6, 6.07) is 15.9. The van der Waals surface area contributed by atoms with E-state index in [4.69, 9.17) is 11.6 Å². The summed E-state index contributed by atoms with van der Waals surface area (Å²) in [5.41, 5.74) is 2.96. The molecule has 2 aromatic rings. The molecule has 1 heterocycles. The number of benzene rings is 2. The van der Waals surface area contributed by atoms with E-state index in [1.54, 1.807) is 12.1 Å². The summed E-state index contributed by atoms with van der Waals surface area (Å²) in [5.74, 6) is 0.0265.